The van der Waals surface area contributed by atoms with Crippen molar-refractivity contribution in [3.05, 3.63) is 59.9 Å². The first-order valence-electron chi connectivity index (χ1n) is 9.60. The second-order valence-electron chi connectivity index (χ2n) is 7.09. The number of hydrogen-bond donors (Lipinski definition) is 2. The summed E-state index contributed by atoms with van der Waals surface area (Å²) in [5, 5.41) is 12.9. The fourth-order valence-electron chi connectivity index (χ4n) is 3.66. The van der Waals surface area contributed by atoms with Crippen molar-refractivity contribution in [3.8, 4) is 10.4 Å². The second kappa shape index (κ2) is 8.94. The molecule has 0 atom stereocenters. The molecule has 0 saturated carbocycles. The van der Waals surface area contributed by atoms with E-state index in [-0.39, 0.29) is 6.61 Å². The predicted octanol–water partition coefficient (Wildman–Crippen LogP) is 4.40. The number of nitrogens with one attached hydrogen (secondary N) is 1. The minimum Gasteiger partial charge on any atom is -0.395 e. The van der Waals surface area contributed by atoms with Crippen LogP contribution in [0.1, 0.15) is 24.3 Å². The number of rotatable bonds is 6. The third-order valence-electron chi connectivity index (χ3n) is 5.20. The normalized spacial score (nSPS) is 15.6. The number of anilines is 2. The van der Waals surface area contributed by atoms with Gasteiger partial charge in [-0.15, -0.1) is 0 Å². The van der Waals surface area contributed by atoms with Crippen LogP contribution in [0.15, 0.2) is 42.7 Å². The Morgan fingerprint density at radius 2 is 1.97 bits per heavy atom. The van der Waals surface area contributed by atoms with Gasteiger partial charge in [0.05, 0.1) is 11.5 Å². The fourth-order valence-corrected chi connectivity index (χ4v) is 4.51. The van der Waals surface area contributed by atoms with Gasteiger partial charge in [-0.05, 0) is 61.7 Å². The maximum Gasteiger partial charge on any atom is 0.188 e. The summed E-state index contributed by atoms with van der Waals surface area (Å²) in [5.74, 6) is -0.0420. The van der Waals surface area contributed by atoms with Crippen molar-refractivity contribution in [2.75, 3.05) is 31.6 Å². The number of aliphatic hydroxyl groups is 1. The Hall–Kier alpha value is -2.42. The largest absolute Gasteiger partial charge is 0.395 e. The van der Waals surface area contributed by atoms with Gasteiger partial charge < -0.3 is 15.3 Å². The molecule has 0 spiro atoms. The molecule has 0 unspecified atom stereocenters. The number of pyridine rings is 1. The molecule has 0 aliphatic carbocycles. The predicted molar refractivity (Wildman–Crippen MR) is 110 cm³/mol. The smallest absolute Gasteiger partial charge is 0.188 e. The lowest BCUT2D eigenvalue weighted by Gasteiger charge is -2.31. The third-order valence-corrected chi connectivity index (χ3v) is 6.14. The second-order valence-corrected chi connectivity index (χ2v) is 8.12. The molecular formula is C21H22F2N4OS. The summed E-state index contributed by atoms with van der Waals surface area (Å²) in [5.41, 5.74) is 1.56. The van der Waals surface area contributed by atoms with Crippen LogP contribution in [0.4, 0.5) is 19.7 Å². The van der Waals surface area contributed by atoms with Gasteiger partial charge in [-0.1, -0.05) is 11.3 Å². The molecule has 1 saturated heterocycles. The molecule has 1 aliphatic heterocycles. The monoisotopic (exact) mass is 416 g/mol. The van der Waals surface area contributed by atoms with Crippen molar-refractivity contribution in [2.45, 2.75) is 18.8 Å². The van der Waals surface area contributed by atoms with Crippen molar-refractivity contribution in [3.63, 3.8) is 0 Å². The topological polar surface area (TPSA) is 61.3 Å². The molecule has 1 aromatic carbocycles. The summed E-state index contributed by atoms with van der Waals surface area (Å²) in [4.78, 5) is 11.6. The minimum atomic E-state index is -0.604. The van der Waals surface area contributed by atoms with E-state index in [1.807, 2.05) is 12.1 Å². The Morgan fingerprint density at radius 3 is 2.72 bits per heavy atom. The van der Waals surface area contributed by atoms with Crippen LogP contribution in [0.3, 0.4) is 0 Å². The number of hydrogen-bond acceptors (Lipinski definition) is 6. The van der Waals surface area contributed by atoms with Crippen LogP contribution in [-0.4, -0.2) is 46.2 Å². The van der Waals surface area contributed by atoms with E-state index in [9.17, 15) is 8.78 Å². The Morgan fingerprint density at radius 1 is 1.14 bits per heavy atom. The van der Waals surface area contributed by atoms with E-state index in [2.05, 4.69) is 20.2 Å². The van der Waals surface area contributed by atoms with Gasteiger partial charge in [-0.2, -0.15) is 0 Å². The molecule has 8 heteroatoms. The molecule has 29 heavy (non-hydrogen) atoms. The molecule has 1 fully saturated rings. The van der Waals surface area contributed by atoms with Gasteiger partial charge in [0, 0.05) is 30.6 Å². The molecule has 5 nitrogen and oxygen atoms in total. The zero-order valence-electron chi connectivity index (χ0n) is 15.8. The highest BCUT2D eigenvalue weighted by molar-refractivity contribution is 7.18. The summed E-state index contributed by atoms with van der Waals surface area (Å²) in [6.45, 7) is 2.90. The molecule has 4 rings (SSSR count). The molecule has 0 radical (unpaired) electrons. The van der Waals surface area contributed by atoms with E-state index in [0.29, 0.717) is 27.3 Å². The van der Waals surface area contributed by atoms with Gasteiger partial charge in [0.15, 0.2) is 5.13 Å². The zero-order valence-corrected chi connectivity index (χ0v) is 16.6. The van der Waals surface area contributed by atoms with E-state index >= 15 is 0 Å². The maximum absolute atomic E-state index is 14.0. The van der Waals surface area contributed by atoms with Gasteiger partial charge in [0.25, 0.3) is 0 Å². The number of thiazole rings is 1. The van der Waals surface area contributed by atoms with E-state index in [1.165, 1.54) is 29.0 Å². The van der Waals surface area contributed by atoms with Crippen LogP contribution in [0, 0.1) is 11.6 Å². The number of halogens is 2. The Kier molecular flexibility index (Phi) is 6.13. The number of piperidine rings is 1. The highest BCUT2D eigenvalue weighted by atomic mass is 32.1. The lowest BCUT2D eigenvalue weighted by molar-refractivity contribution is 0.164. The number of β-amino-alcohol motifs (C(OH)–C–C–N with tert-alkyl or cyclic N) is 1. The first-order valence-corrected chi connectivity index (χ1v) is 10.4. The van der Waals surface area contributed by atoms with Crippen molar-refractivity contribution in [2.24, 2.45) is 0 Å². The summed E-state index contributed by atoms with van der Waals surface area (Å²) < 4.78 is 27.1. The number of nitrogens with zero attached hydrogens (tertiary/aromatic N) is 3. The van der Waals surface area contributed by atoms with Gasteiger partial charge in [0.2, 0.25) is 0 Å². The van der Waals surface area contributed by atoms with Crippen LogP contribution in [-0.2, 0) is 0 Å². The average molecular weight is 416 g/mol. The summed E-state index contributed by atoms with van der Waals surface area (Å²) in [7, 11) is 0. The average Bonchev–Trinajstić information content (AvgIpc) is 3.17. The van der Waals surface area contributed by atoms with Crippen LogP contribution in [0.25, 0.3) is 10.4 Å². The molecule has 2 N–H and O–H groups in total. The number of aliphatic hydroxyl groups excluding tert-OH is 1. The third kappa shape index (κ3) is 4.77. The van der Waals surface area contributed by atoms with E-state index < -0.39 is 11.6 Å². The zero-order chi connectivity index (χ0) is 20.2. The quantitative estimate of drug-likeness (QED) is 0.624. The first kappa shape index (κ1) is 19.9. The van der Waals surface area contributed by atoms with Crippen molar-refractivity contribution < 1.29 is 13.9 Å². The Bertz CT molecular complexity index is 973. The maximum atomic E-state index is 14.0. The molecule has 152 valence electrons. The van der Waals surface area contributed by atoms with Gasteiger partial charge in [-0.25, -0.2) is 18.7 Å². The van der Waals surface area contributed by atoms with Gasteiger partial charge in [0.1, 0.15) is 17.5 Å². The van der Waals surface area contributed by atoms with E-state index in [0.717, 1.165) is 38.5 Å². The summed E-state index contributed by atoms with van der Waals surface area (Å²) in [6, 6.07) is 7.61. The van der Waals surface area contributed by atoms with Crippen LogP contribution < -0.4 is 5.32 Å². The standard InChI is InChI=1S/C21H22F2N4OS/c22-16-1-2-17(18(23)12-16)19-13-25-21(29-19)26-20-11-15(3-6-24-20)14-4-7-27(8-5-14)9-10-28/h1-3,6,11-14,28H,4-5,7-10H2,(H,24,25,26). The first-order chi connectivity index (χ1) is 14.1. The van der Waals surface area contributed by atoms with Crippen LogP contribution in [0.5, 0.6) is 0 Å². The Balaban J connectivity index is 1.44. The molecule has 3 aromatic rings. The van der Waals surface area contributed by atoms with Crippen molar-refractivity contribution in [1.29, 1.82) is 0 Å². The van der Waals surface area contributed by atoms with Gasteiger partial charge in [-0.3, -0.25) is 0 Å². The number of aromatic nitrogens is 2. The molecular weight excluding hydrogens is 394 g/mol. The van der Waals surface area contributed by atoms with Crippen LogP contribution in [0.2, 0.25) is 0 Å². The minimum absolute atomic E-state index is 0.200. The molecule has 0 bridgehead atoms. The molecule has 3 heterocycles. The lowest BCUT2D eigenvalue weighted by atomic mass is 9.90. The highest BCUT2D eigenvalue weighted by Crippen LogP contribution is 2.33. The van der Waals surface area contributed by atoms with E-state index in [1.54, 1.807) is 12.4 Å². The number of likely N-dealkylation sites (tertiary alicyclic amines) is 1. The van der Waals surface area contributed by atoms with Crippen molar-refractivity contribution in [1.82, 2.24) is 14.9 Å². The molecule has 1 aliphatic rings. The highest BCUT2D eigenvalue weighted by Gasteiger charge is 2.20. The molecule has 2 aromatic heterocycles. The summed E-state index contributed by atoms with van der Waals surface area (Å²) in [6.07, 6.45) is 5.46. The Labute approximate surface area is 172 Å². The van der Waals surface area contributed by atoms with Crippen molar-refractivity contribution >= 4 is 22.3 Å². The SMILES string of the molecule is OCCN1CCC(c2ccnc(Nc3ncc(-c4ccc(F)cc4F)s3)c2)CC1. The van der Waals surface area contributed by atoms with Crippen LogP contribution >= 0.6 is 11.3 Å². The molecule has 0 amide bonds. The van der Waals surface area contributed by atoms with Gasteiger partial charge >= 0.3 is 0 Å². The lowest BCUT2D eigenvalue weighted by Crippen LogP contribution is -2.34. The summed E-state index contributed by atoms with van der Waals surface area (Å²) >= 11 is 1.29. The van der Waals surface area contributed by atoms with E-state index in [4.69, 9.17) is 5.11 Å². The fraction of sp³-hybridized carbons (Fsp3) is 0.333. The number of benzene rings is 1.